The van der Waals surface area contributed by atoms with E-state index in [-0.39, 0.29) is 11.3 Å². The normalized spacial score (nSPS) is 37.4. The van der Waals surface area contributed by atoms with Gasteiger partial charge in [0.25, 0.3) is 0 Å². The molecule has 5 heteroatoms. The molecule has 0 radical (unpaired) electrons. The predicted octanol–water partition coefficient (Wildman–Crippen LogP) is 5.94. The molecule has 0 aliphatic heterocycles. The van der Waals surface area contributed by atoms with E-state index in [1.54, 1.807) is 12.4 Å². The third-order valence-electron chi connectivity index (χ3n) is 9.95. The zero-order chi connectivity index (χ0) is 23.1. The molecule has 0 spiro atoms. The van der Waals surface area contributed by atoms with Gasteiger partial charge in [0.15, 0.2) is 5.78 Å². The SMILES string of the molecule is CCC1(O)CCCCC2C(CCC1)CCC1(C)C(C(=O)Cn3cc4ccncc4n3)CCC21. The van der Waals surface area contributed by atoms with Crippen LogP contribution >= 0.6 is 0 Å². The third kappa shape index (κ3) is 4.38. The number of rotatable bonds is 4. The van der Waals surface area contributed by atoms with Crippen molar-refractivity contribution < 1.29 is 9.90 Å². The summed E-state index contributed by atoms with van der Waals surface area (Å²) in [4.78, 5) is 17.7. The van der Waals surface area contributed by atoms with Crippen LogP contribution in [-0.4, -0.2) is 31.3 Å². The maximum Gasteiger partial charge on any atom is 0.157 e. The second kappa shape index (κ2) is 9.13. The maximum absolute atomic E-state index is 13.5. The maximum atomic E-state index is 13.5. The lowest BCUT2D eigenvalue weighted by molar-refractivity contribution is -0.129. The molecule has 0 bridgehead atoms. The Balaban J connectivity index is 1.29. The summed E-state index contributed by atoms with van der Waals surface area (Å²) in [5, 5.41) is 16.5. The fourth-order valence-electron chi connectivity index (χ4n) is 7.96. The molecule has 0 saturated heterocycles. The lowest BCUT2D eigenvalue weighted by Crippen LogP contribution is -2.44. The molecule has 0 aromatic carbocycles. The fourth-order valence-corrected chi connectivity index (χ4v) is 7.96. The highest BCUT2D eigenvalue weighted by Gasteiger charge is 2.55. The van der Waals surface area contributed by atoms with Gasteiger partial charge in [-0.3, -0.25) is 14.5 Å². The first-order valence-electron chi connectivity index (χ1n) is 13.4. The monoisotopic (exact) mass is 451 g/mol. The zero-order valence-electron chi connectivity index (χ0n) is 20.5. The number of aliphatic hydroxyl groups is 1. The highest BCUT2D eigenvalue weighted by atomic mass is 16.3. The van der Waals surface area contributed by atoms with Gasteiger partial charge in [0.1, 0.15) is 5.52 Å². The van der Waals surface area contributed by atoms with Crippen LogP contribution in [0.25, 0.3) is 10.9 Å². The molecule has 2 aromatic heterocycles. The highest BCUT2D eigenvalue weighted by molar-refractivity contribution is 5.83. The summed E-state index contributed by atoms with van der Waals surface area (Å²) in [5.41, 5.74) is 0.562. The molecular weight excluding hydrogens is 410 g/mol. The predicted molar refractivity (Wildman–Crippen MR) is 131 cm³/mol. The first-order valence-corrected chi connectivity index (χ1v) is 13.4. The molecule has 6 atom stereocenters. The van der Waals surface area contributed by atoms with Gasteiger partial charge in [0.05, 0.1) is 18.3 Å². The molecule has 2 heterocycles. The number of carbonyl (C=O) groups excluding carboxylic acids is 1. The summed E-state index contributed by atoms with van der Waals surface area (Å²) in [6.45, 7) is 4.95. The summed E-state index contributed by atoms with van der Waals surface area (Å²) < 4.78 is 1.83. The Labute approximate surface area is 198 Å². The quantitative estimate of drug-likeness (QED) is 0.624. The van der Waals surface area contributed by atoms with E-state index in [0.717, 1.165) is 61.3 Å². The van der Waals surface area contributed by atoms with Crippen LogP contribution in [0.3, 0.4) is 0 Å². The lowest BCUT2D eigenvalue weighted by Gasteiger charge is -2.49. The number of aromatic nitrogens is 3. The summed E-state index contributed by atoms with van der Waals surface area (Å²) in [6, 6.07) is 1.96. The van der Waals surface area contributed by atoms with Crippen LogP contribution in [-0.2, 0) is 11.3 Å². The van der Waals surface area contributed by atoms with E-state index in [9.17, 15) is 9.90 Å². The van der Waals surface area contributed by atoms with Crippen molar-refractivity contribution in [2.75, 3.05) is 0 Å². The van der Waals surface area contributed by atoms with Crippen LogP contribution in [0.15, 0.2) is 24.7 Å². The molecular formula is C28H41N3O2. The Morgan fingerprint density at radius 2 is 1.97 bits per heavy atom. The van der Waals surface area contributed by atoms with E-state index >= 15 is 0 Å². The van der Waals surface area contributed by atoms with E-state index in [1.807, 2.05) is 16.9 Å². The molecule has 5 rings (SSSR count). The Bertz CT molecular complexity index is 953. The smallest absolute Gasteiger partial charge is 0.157 e. The standard InChI is InChI=1S/C28H41N3O2/c1-3-28(33)13-5-4-8-22-20(7-6-14-28)11-15-27(2)23(22)9-10-24(27)26(32)19-31-18-21-12-16-29-17-25(21)30-31/h12,16-18,20,22-24,33H,3-11,13-15,19H2,1-2H3. The lowest BCUT2D eigenvalue weighted by atomic mass is 9.55. The van der Waals surface area contributed by atoms with Gasteiger partial charge in [-0.15, -0.1) is 0 Å². The number of ketones is 1. The van der Waals surface area contributed by atoms with E-state index in [2.05, 4.69) is 23.9 Å². The minimum absolute atomic E-state index is 0.140. The van der Waals surface area contributed by atoms with E-state index in [1.165, 1.54) is 38.5 Å². The van der Waals surface area contributed by atoms with Crippen LogP contribution in [0.2, 0.25) is 0 Å². The number of Topliss-reactive ketones (excluding diaryl/α,β-unsaturated/α-hetero) is 1. The van der Waals surface area contributed by atoms with Crippen molar-refractivity contribution in [3.63, 3.8) is 0 Å². The summed E-state index contributed by atoms with van der Waals surface area (Å²) >= 11 is 0. The number of pyridine rings is 1. The molecule has 3 aliphatic rings. The fraction of sp³-hybridized carbons (Fsp3) is 0.750. The number of nitrogens with zero attached hydrogens (tertiary/aromatic N) is 3. The molecule has 3 saturated carbocycles. The van der Waals surface area contributed by atoms with Crippen molar-refractivity contribution in [1.82, 2.24) is 14.8 Å². The van der Waals surface area contributed by atoms with Crippen LogP contribution in [0.5, 0.6) is 0 Å². The summed E-state index contributed by atoms with van der Waals surface area (Å²) in [7, 11) is 0. The van der Waals surface area contributed by atoms with E-state index in [0.29, 0.717) is 18.2 Å². The van der Waals surface area contributed by atoms with Gasteiger partial charge in [-0.25, -0.2) is 0 Å². The van der Waals surface area contributed by atoms with Crippen molar-refractivity contribution in [2.45, 2.75) is 103 Å². The largest absolute Gasteiger partial charge is 0.390 e. The van der Waals surface area contributed by atoms with Crippen molar-refractivity contribution in [3.8, 4) is 0 Å². The molecule has 6 unspecified atom stereocenters. The molecule has 3 aliphatic carbocycles. The van der Waals surface area contributed by atoms with Gasteiger partial charge in [-0.1, -0.05) is 39.5 Å². The molecule has 5 nitrogen and oxygen atoms in total. The second-order valence-corrected chi connectivity index (χ2v) is 11.6. The van der Waals surface area contributed by atoms with Crippen molar-refractivity contribution in [1.29, 1.82) is 0 Å². The zero-order valence-corrected chi connectivity index (χ0v) is 20.5. The van der Waals surface area contributed by atoms with E-state index < -0.39 is 5.60 Å². The molecule has 180 valence electrons. The molecule has 0 amide bonds. The first kappa shape index (κ1) is 23.0. The van der Waals surface area contributed by atoms with Crippen LogP contribution in [0.4, 0.5) is 0 Å². The molecule has 33 heavy (non-hydrogen) atoms. The molecule has 3 fully saturated rings. The topological polar surface area (TPSA) is 68.0 Å². The van der Waals surface area contributed by atoms with Crippen molar-refractivity contribution in [3.05, 3.63) is 24.7 Å². The second-order valence-electron chi connectivity index (χ2n) is 11.6. The van der Waals surface area contributed by atoms with Gasteiger partial charge in [0, 0.05) is 23.7 Å². The Morgan fingerprint density at radius 3 is 2.79 bits per heavy atom. The van der Waals surface area contributed by atoms with Gasteiger partial charge in [-0.05, 0) is 80.6 Å². The van der Waals surface area contributed by atoms with Crippen LogP contribution in [0.1, 0.15) is 90.9 Å². The Hall–Kier alpha value is -1.75. The van der Waals surface area contributed by atoms with Gasteiger partial charge < -0.3 is 5.11 Å². The Kier molecular flexibility index (Phi) is 6.37. The minimum Gasteiger partial charge on any atom is -0.390 e. The van der Waals surface area contributed by atoms with Crippen LogP contribution < -0.4 is 0 Å². The first-order chi connectivity index (χ1) is 15.9. The van der Waals surface area contributed by atoms with Gasteiger partial charge in [-0.2, -0.15) is 5.10 Å². The van der Waals surface area contributed by atoms with Crippen LogP contribution in [0, 0.1) is 29.1 Å². The Morgan fingerprint density at radius 1 is 1.12 bits per heavy atom. The van der Waals surface area contributed by atoms with Gasteiger partial charge >= 0.3 is 0 Å². The third-order valence-corrected chi connectivity index (χ3v) is 9.95. The van der Waals surface area contributed by atoms with Crippen molar-refractivity contribution >= 4 is 16.7 Å². The summed E-state index contributed by atoms with van der Waals surface area (Å²) in [6.07, 6.45) is 19.1. The highest BCUT2D eigenvalue weighted by Crippen LogP contribution is 2.61. The summed E-state index contributed by atoms with van der Waals surface area (Å²) in [5.74, 6) is 2.74. The number of hydrogen-bond acceptors (Lipinski definition) is 4. The number of hydrogen-bond donors (Lipinski definition) is 1. The van der Waals surface area contributed by atoms with E-state index in [4.69, 9.17) is 0 Å². The average Bonchev–Trinajstić information content (AvgIpc) is 3.37. The van der Waals surface area contributed by atoms with Crippen molar-refractivity contribution in [2.24, 2.45) is 29.1 Å². The molecule has 2 aromatic rings. The minimum atomic E-state index is -0.436. The number of fused-ring (bicyclic) bond motifs is 4. The average molecular weight is 452 g/mol. The molecule has 1 N–H and O–H groups in total. The number of carbonyl (C=O) groups is 1. The van der Waals surface area contributed by atoms with Gasteiger partial charge in [0.2, 0.25) is 0 Å².